The van der Waals surface area contributed by atoms with Gasteiger partial charge in [-0.3, -0.25) is 9.69 Å². The maximum absolute atomic E-state index is 12.3. The monoisotopic (exact) mass is 324 g/mol. The first-order valence-corrected chi connectivity index (χ1v) is 7.63. The fourth-order valence-corrected chi connectivity index (χ4v) is 2.50. The van der Waals surface area contributed by atoms with Gasteiger partial charge in [-0.15, -0.1) is 0 Å². The minimum absolute atomic E-state index is 0.00977. The topological polar surface area (TPSA) is 64.7 Å². The van der Waals surface area contributed by atoms with Crippen molar-refractivity contribution in [3.8, 4) is 0 Å². The van der Waals surface area contributed by atoms with E-state index >= 15 is 0 Å². The van der Waals surface area contributed by atoms with Crippen molar-refractivity contribution in [2.75, 3.05) is 45.1 Å². The number of nitrogens with one attached hydrogen (secondary N) is 2. The van der Waals surface area contributed by atoms with E-state index in [0.717, 1.165) is 5.56 Å². The number of carbonyl (C=O) groups is 2. The first kappa shape index (κ1) is 16.6. The molecule has 1 aromatic carbocycles. The third-order valence-corrected chi connectivity index (χ3v) is 4.24. The van der Waals surface area contributed by atoms with Crippen LogP contribution in [-0.4, -0.2) is 61.5 Å². The van der Waals surface area contributed by atoms with Crippen molar-refractivity contribution >= 4 is 29.2 Å². The molecule has 7 heteroatoms. The molecule has 1 fully saturated rings. The van der Waals surface area contributed by atoms with Crippen molar-refractivity contribution in [1.29, 1.82) is 0 Å². The summed E-state index contributed by atoms with van der Waals surface area (Å²) in [6.45, 7) is 4.81. The zero-order chi connectivity index (χ0) is 16.1. The van der Waals surface area contributed by atoms with Crippen LogP contribution in [-0.2, 0) is 4.79 Å². The van der Waals surface area contributed by atoms with Gasteiger partial charge in [0.1, 0.15) is 0 Å². The Bertz CT molecular complexity index is 556. The lowest BCUT2D eigenvalue weighted by atomic mass is 10.2. The highest BCUT2D eigenvalue weighted by molar-refractivity contribution is 6.34. The molecule has 0 bridgehead atoms. The normalized spacial score (nSPS) is 15.5. The van der Waals surface area contributed by atoms with Gasteiger partial charge >= 0.3 is 6.03 Å². The van der Waals surface area contributed by atoms with Crippen LogP contribution < -0.4 is 10.6 Å². The Morgan fingerprint density at radius 2 is 1.91 bits per heavy atom. The van der Waals surface area contributed by atoms with E-state index in [1.807, 2.05) is 24.0 Å². The molecule has 120 valence electrons. The number of hydrogen-bond donors (Lipinski definition) is 2. The van der Waals surface area contributed by atoms with Crippen LogP contribution >= 0.6 is 11.6 Å². The Balaban J connectivity index is 1.87. The number of halogens is 1. The lowest BCUT2D eigenvalue weighted by Gasteiger charge is -2.34. The minimum atomic E-state index is -0.160. The highest BCUT2D eigenvalue weighted by Gasteiger charge is 2.22. The second-order valence-corrected chi connectivity index (χ2v) is 5.68. The maximum atomic E-state index is 12.3. The summed E-state index contributed by atoms with van der Waals surface area (Å²) in [4.78, 5) is 27.4. The van der Waals surface area contributed by atoms with Gasteiger partial charge in [0.05, 0.1) is 17.3 Å². The van der Waals surface area contributed by atoms with Crippen LogP contribution in [0, 0.1) is 6.92 Å². The third kappa shape index (κ3) is 4.11. The average Bonchev–Trinajstić information content (AvgIpc) is 2.52. The molecule has 0 radical (unpaired) electrons. The number of amides is 3. The standard InChI is InChI=1S/C15H21ClN4O2/c1-11-4-3-5-12(14(11)16)18-15(22)20-8-6-19(7-9-20)10-13(21)17-2/h3-5H,6-10H2,1-2H3,(H,17,21)(H,18,22). The van der Waals surface area contributed by atoms with E-state index in [4.69, 9.17) is 11.6 Å². The number of likely N-dealkylation sites (N-methyl/N-ethyl adjacent to an activating group) is 1. The van der Waals surface area contributed by atoms with Gasteiger partial charge in [-0.25, -0.2) is 4.79 Å². The van der Waals surface area contributed by atoms with E-state index in [0.29, 0.717) is 43.4 Å². The summed E-state index contributed by atoms with van der Waals surface area (Å²) < 4.78 is 0. The summed E-state index contributed by atoms with van der Waals surface area (Å²) in [7, 11) is 1.62. The molecule has 1 aliphatic rings. The lowest BCUT2D eigenvalue weighted by molar-refractivity contribution is -0.122. The number of nitrogens with zero attached hydrogens (tertiary/aromatic N) is 2. The van der Waals surface area contributed by atoms with E-state index < -0.39 is 0 Å². The molecular weight excluding hydrogens is 304 g/mol. The molecule has 0 aromatic heterocycles. The van der Waals surface area contributed by atoms with Crippen LogP contribution in [0.25, 0.3) is 0 Å². The number of benzene rings is 1. The molecule has 1 aliphatic heterocycles. The van der Waals surface area contributed by atoms with Crippen molar-refractivity contribution in [2.24, 2.45) is 0 Å². The fraction of sp³-hybridized carbons (Fsp3) is 0.467. The van der Waals surface area contributed by atoms with E-state index in [1.165, 1.54) is 0 Å². The van der Waals surface area contributed by atoms with E-state index in [9.17, 15) is 9.59 Å². The predicted octanol–water partition coefficient (Wildman–Crippen LogP) is 1.54. The molecule has 1 saturated heterocycles. The summed E-state index contributed by atoms with van der Waals surface area (Å²) in [5, 5.41) is 6.01. The third-order valence-electron chi connectivity index (χ3n) is 3.74. The van der Waals surface area contributed by atoms with Crippen molar-refractivity contribution in [1.82, 2.24) is 15.1 Å². The zero-order valence-corrected chi connectivity index (χ0v) is 13.6. The van der Waals surface area contributed by atoms with E-state index in [1.54, 1.807) is 18.0 Å². The van der Waals surface area contributed by atoms with Gasteiger partial charge in [0.25, 0.3) is 0 Å². The first-order valence-electron chi connectivity index (χ1n) is 7.25. The molecule has 2 rings (SSSR count). The van der Waals surface area contributed by atoms with Crippen LogP contribution in [0.1, 0.15) is 5.56 Å². The molecule has 3 amide bonds. The van der Waals surface area contributed by atoms with E-state index in [2.05, 4.69) is 10.6 Å². The fourth-order valence-electron chi connectivity index (χ4n) is 2.33. The SMILES string of the molecule is CNC(=O)CN1CCN(C(=O)Nc2cccc(C)c2Cl)CC1. The minimum Gasteiger partial charge on any atom is -0.358 e. The summed E-state index contributed by atoms with van der Waals surface area (Å²) >= 11 is 6.19. The number of piperazine rings is 1. The van der Waals surface area contributed by atoms with Gasteiger partial charge in [-0.2, -0.15) is 0 Å². The molecule has 0 saturated carbocycles. The molecule has 1 heterocycles. The largest absolute Gasteiger partial charge is 0.358 e. The van der Waals surface area contributed by atoms with Gasteiger partial charge < -0.3 is 15.5 Å². The number of carbonyl (C=O) groups excluding carboxylic acids is 2. The number of urea groups is 1. The highest BCUT2D eigenvalue weighted by Crippen LogP contribution is 2.25. The molecule has 2 N–H and O–H groups in total. The van der Waals surface area contributed by atoms with Crippen molar-refractivity contribution in [2.45, 2.75) is 6.92 Å². The zero-order valence-electron chi connectivity index (χ0n) is 12.9. The van der Waals surface area contributed by atoms with Crippen LogP contribution in [0.3, 0.4) is 0 Å². The molecule has 0 atom stereocenters. The summed E-state index contributed by atoms with van der Waals surface area (Å²) in [6.07, 6.45) is 0. The Kier molecular flexibility index (Phi) is 5.63. The number of rotatable bonds is 3. The maximum Gasteiger partial charge on any atom is 0.321 e. The van der Waals surface area contributed by atoms with Crippen LogP contribution in [0.15, 0.2) is 18.2 Å². The summed E-state index contributed by atoms with van der Waals surface area (Å²) in [6, 6.07) is 5.38. The molecule has 1 aromatic rings. The smallest absolute Gasteiger partial charge is 0.321 e. The quantitative estimate of drug-likeness (QED) is 0.886. The lowest BCUT2D eigenvalue weighted by Crippen LogP contribution is -2.51. The molecule has 0 spiro atoms. The molecule has 6 nitrogen and oxygen atoms in total. The van der Waals surface area contributed by atoms with Crippen LogP contribution in [0.5, 0.6) is 0 Å². The number of hydrogen-bond acceptors (Lipinski definition) is 3. The van der Waals surface area contributed by atoms with Crippen LogP contribution in [0.4, 0.5) is 10.5 Å². The van der Waals surface area contributed by atoms with Crippen molar-refractivity contribution in [3.63, 3.8) is 0 Å². The molecular formula is C15H21ClN4O2. The van der Waals surface area contributed by atoms with Gasteiger partial charge in [-0.05, 0) is 18.6 Å². The Labute approximate surface area is 135 Å². The van der Waals surface area contributed by atoms with E-state index in [-0.39, 0.29) is 11.9 Å². The Hall–Kier alpha value is -1.79. The molecule has 22 heavy (non-hydrogen) atoms. The molecule has 0 unspecified atom stereocenters. The van der Waals surface area contributed by atoms with Crippen molar-refractivity contribution in [3.05, 3.63) is 28.8 Å². The predicted molar refractivity (Wildman–Crippen MR) is 87.3 cm³/mol. The first-order chi connectivity index (χ1) is 10.5. The summed E-state index contributed by atoms with van der Waals surface area (Å²) in [5.41, 5.74) is 1.55. The number of anilines is 1. The Morgan fingerprint density at radius 1 is 1.23 bits per heavy atom. The average molecular weight is 325 g/mol. The van der Waals surface area contributed by atoms with Gasteiger partial charge in [0.15, 0.2) is 0 Å². The van der Waals surface area contributed by atoms with Gasteiger partial charge in [0, 0.05) is 33.2 Å². The second kappa shape index (κ2) is 7.47. The summed E-state index contributed by atoms with van der Waals surface area (Å²) in [5.74, 6) is -0.00977. The second-order valence-electron chi connectivity index (χ2n) is 5.30. The van der Waals surface area contributed by atoms with Crippen molar-refractivity contribution < 1.29 is 9.59 Å². The van der Waals surface area contributed by atoms with Gasteiger partial charge in [0.2, 0.25) is 5.91 Å². The molecule has 0 aliphatic carbocycles. The van der Waals surface area contributed by atoms with Crippen LogP contribution in [0.2, 0.25) is 5.02 Å². The van der Waals surface area contributed by atoms with Gasteiger partial charge in [-0.1, -0.05) is 23.7 Å². The number of aryl methyl sites for hydroxylation is 1. The highest BCUT2D eigenvalue weighted by atomic mass is 35.5. The Morgan fingerprint density at radius 3 is 2.55 bits per heavy atom.